The average Bonchev–Trinajstić information content (AvgIpc) is 2.95. The molecule has 2 aromatic heterocycles. The summed E-state index contributed by atoms with van der Waals surface area (Å²) in [6, 6.07) is 7.55. The van der Waals surface area contributed by atoms with E-state index >= 15 is 0 Å². The van der Waals surface area contributed by atoms with Crippen LogP contribution in [0, 0.1) is 6.92 Å². The third kappa shape index (κ3) is 3.67. The number of para-hydroxylation sites is 1. The van der Waals surface area contributed by atoms with E-state index < -0.39 is 18.5 Å². The van der Waals surface area contributed by atoms with Crippen LogP contribution in [0.3, 0.4) is 0 Å². The largest absolute Gasteiger partial charge is 0.451 e. The molecule has 23 heavy (non-hydrogen) atoms. The van der Waals surface area contributed by atoms with Gasteiger partial charge in [-0.05, 0) is 19.1 Å². The predicted octanol–water partition coefficient (Wildman–Crippen LogP) is 2.19. The lowest BCUT2D eigenvalue weighted by molar-refractivity contribution is -0.119. The van der Waals surface area contributed by atoms with Crippen molar-refractivity contribution < 1.29 is 14.3 Å². The number of carbonyl (C=O) groups excluding carboxylic acids is 2. The number of amides is 1. The van der Waals surface area contributed by atoms with Crippen molar-refractivity contribution in [2.24, 2.45) is 0 Å². The lowest BCUT2D eigenvalue weighted by atomic mass is 10.3. The van der Waals surface area contributed by atoms with Gasteiger partial charge in [0, 0.05) is 6.20 Å². The first-order valence-corrected chi connectivity index (χ1v) is 7.54. The maximum atomic E-state index is 11.8. The van der Waals surface area contributed by atoms with Crippen LogP contribution >= 0.6 is 11.3 Å². The molecule has 7 nitrogen and oxygen atoms in total. The molecule has 0 aliphatic carbocycles. The third-order valence-electron chi connectivity index (χ3n) is 2.86. The van der Waals surface area contributed by atoms with Gasteiger partial charge in [0.25, 0.3) is 5.91 Å². The molecule has 0 fully saturated rings. The van der Waals surface area contributed by atoms with Crippen LogP contribution in [0.2, 0.25) is 0 Å². The van der Waals surface area contributed by atoms with Crippen LogP contribution in [0.4, 0.5) is 5.13 Å². The van der Waals surface area contributed by atoms with Crippen molar-refractivity contribution in [3.8, 4) is 0 Å². The van der Waals surface area contributed by atoms with E-state index in [0.29, 0.717) is 10.8 Å². The molecule has 1 amide bonds. The number of fused-ring (bicyclic) bond motifs is 1. The van der Waals surface area contributed by atoms with Crippen molar-refractivity contribution in [2.75, 3.05) is 11.9 Å². The summed E-state index contributed by atoms with van der Waals surface area (Å²) in [5.41, 5.74) is 1.55. The fourth-order valence-electron chi connectivity index (χ4n) is 1.78. The molecule has 0 unspecified atom stereocenters. The number of hydrogen-bond donors (Lipinski definition) is 1. The summed E-state index contributed by atoms with van der Waals surface area (Å²) in [5, 5.41) is 3.06. The highest BCUT2D eigenvalue weighted by atomic mass is 32.1. The van der Waals surface area contributed by atoms with E-state index in [4.69, 9.17) is 4.74 Å². The molecule has 3 rings (SSSR count). The van der Waals surface area contributed by atoms with E-state index in [1.54, 1.807) is 6.92 Å². The number of nitrogens with one attached hydrogen (secondary N) is 1. The number of carbonyl (C=O) groups is 2. The maximum Gasteiger partial charge on any atom is 0.359 e. The molecule has 1 N–H and O–H groups in total. The Morgan fingerprint density at radius 2 is 2.04 bits per heavy atom. The second kappa shape index (κ2) is 6.49. The molecule has 3 aromatic rings. The van der Waals surface area contributed by atoms with Gasteiger partial charge in [0.1, 0.15) is 0 Å². The first-order valence-electron chi connectivity index (χ1n) is 6.73. The standard InChI is InChI=1S/C15H12N4O3S/c1-9-6-17-11(7-16-9)14(21)22-8-13(20)19-15-18-10-4-2-3-5-12(10)23-15/h2-7H,8H2,1H3,(H,18,19,20). The Labute approximate surface area is 135 Å². The van der Waals surface area contributed by atoms with Crippen LogP contribution in [-0.2, 0) is 9.53 Å². The van der Waals surface area contributed by atoms with Gasteiger partial charge in [-0.2, -0.15) is 0 Å². The van der Waals surface area contributed by atoms with Gasteiger partial charge in [-0.25, -0.2) is 14.8 Å². The summed E-state index contributed by atoms with van der Waals surface area (Å²) < 4.78 is 5.87. The van der Waals surface area contributed by atoms with Crippen molar-refractivity contribution in [2.45, 2.75) is 6.92 Å². The lowest BCUT2D eigenvalue weighted by Gasteiger charge is -2.04. The minimum Gasteiger partial charge on any atom is -0.451 e. The Kier molecular flexibility index (Phi) is 4.24. The molecule has 0 bridgehead atoms. The molecule has 1 aromatic carbocycles. The summed E-state index contributed by atoms with van der Waals surface area (Å²) >= 11 is 1.35. The minimum atomic E-state index is -0.697. The Bertz CT molecular complexity index is 828. The number of esters is 1. The van der Waals surface area contributed by atoms with Gasteiger partial charge >= 0.3 is 5.97 Å². The molecule has 0 aliphatic rings. The molecule has 0 saturated heterocycles. The van der Waals surface area contributed by atoms with Gasteiger partial charge in [0.05, 0.1) is 22.1 Å². The van der Waals surface area contributed by atoms with E-state index in [9.17, 15) is 9.59 Å². The molecule has 0 atom stereocenters. The molecule has 0 spiro atoms. The SMILES string of the molecule is Cc1cnc(C(=O)OCC(=O)Nc2nc3ccccc3s2)cn1. The Hall–Kier alpha value is -2.87. The van der Waals surface area contributed by atoms with Crippen LogP contribution in [0.1, 0.15) is 16.2 Å². The van der Waals surface area contributed by atoms with E-state index in [1.807, 2.05) is 24.3 Å². The zero-order chi connectivity index (χ0) is 16.2. The Morgan fingerprint density at radius 3 is 2.78 bits per heavy atom. The zero-order valence-electron chi connectivity index (χ0n) is 12.1. The van der Waals surface area contributed by atoms with E-state index in [1.165, 1.54) is 23.7 Å². The number of aromatic nitrogens is 3. The first kappa shape index (κ1) is 15.0. The van der Waals surface area contributed by atoms with Gasteiger partial charge in [-0.3, -0.25) is 15.1 Å². The van der Waals surface area contributed by atoms with Gasteiger partial charge in [-0.15, -0.1) is 0 Å². The molecular weight excluding hydrogens is 316 g/mol. The predicted molar refractivity (Wildman–Crippen MR) is 85.3 cm³/mol. The van der Waals surface area contributed by atoms with Crippen molar-refractivity contribution in [1.29, 1.82) is 0 Å². The fraction of sp³-hybridized carbons (Fsp3) is 0.133. The Morgan fingerprint density at radius 1 is 1.22 bits per heavy atom. The summed E-state index contributed by atoms with van der Waals surface area (Å²) in [5.74, 6) is -1.16. The molecular formula is C15H12N4O3S. The lowest BCUT2D eigenvalue weighted by Crippen LogP contribution is -2.21. The smallest absolute Gasteiger partial charge is 0.359 e. The van der Waals surface area contributed by atoms with Crippen molar-refractivity contribution in [3.63, 3.8) is 0 Å². The molecule has 8 heteroatoms. The number of aryl methyl sites for hydroxylation is 1. The highest BCUT2D eigenvalue weighted by molar-refractivity contribution is 7.22. The topological polar surface area (TPSA) is 94.1 Å². The van der Waals surface area contributed by atoms with Gasteiger partial charge < -0.3 is 4.74 Å². The van der Waals surface area contributed by atoms with E-state index in [-0.39, 0.29) is 5.69 Å². The first-order chi connectivity index (χ1) is 11.1. The van der Waals surface area contributed by atoms with Crippen molar-refractivity contribution in [3.05, 3.63) is 48.0 Å². The highest BCUT2D eigenvalue weighted by Gasteiger charge is 2.13. The number of anilines is 1. The van der Waals surface area contributed by atoms with Crippen LogP contribution in [0.5, 0.6) is 0 Å². The van der Waals surface area contributed by atoms with E-state index in [0.717, 1.165) is 10.2 Å². The summed E-state index contributed by atoms with van der Waals surface area (Å²) in [7, 11) is 0. The molecule has 2 heterocycles. The number of benzene rings is 1. The van der Waals surface area contributed by atoms with Crippen LogP contribution in [0.15, 0.2) is 36.7 Å². The zero-order valence-corrected chi connectivity index (χ0v) is 13.0. The van der Waals surface area contributed by atoms with E-state index in [2.05, 4.69) is 20.3 Å². The van der Waals surface area contributed by atoms with Crippen molar-refractivity contribution >= 4 is 38.6 Å². The second-order valence-electron chi connectivity index (χ2n) is 4.65. The number of hydrogen-bond acceptors (Lipinski definition) is 7. The number of thiazole rings is 1. The fourth-order valence-corrected chi connectivity index (χ4v) is 2.67. The van der Waals surface area contributed by atoms with Gasteiger partial charge in [0.2, 0.25) is 0 Å². The summed E-state index contributed by atoms with van der Waals surface area (Å²) in [6.07, 6.45) is 2.76. The average molecular weight is 328 g/mol. The molecule has 116 valence electrons. The van der Waals surface area contributed by atoms with Crippen LogP contribution < -0.4 is 5.32 Å². The van der Waals surface area contributed by atoms with Gasteiger partial charge in [0.15, 0.2) is 17.4 Å². The molecule has 0 saturated carbocycles. The van der Waals surface area contributed by atoms with Crippen molar-refractivity contribution in [1.82, 2.24) is 15.0 Å². The number of rotatable bonds is 4. The Balaban J connectivity index is 1.56. The molecule has 0 aliphatic heterocycles. The summed E-state index contributed by atoms with van der Waals surface area (Å²) in [6.45, 7) is 1.35. The van der Waals surface area contributed by atoms with Gasteiger partial charge in [-0.1, -0.05) is 23.5 Å². The normalized spacial score (nSPS) is 10.5. The third-order valence-corrected chi connectivity index (χ3v) is 3.82. The number of ether oxygens (including phenoxy) is 1. The summed E-state index contributed by atoms with van der Waals surface area (Å²) in [4.78, 5) is 35.7. The maximum absolute atomic E-state index is 11.8. The molecule has 0 radical (unpaired) electrons. The van der Waals surface area contributed by atoms with Crippen LogP contribution in [0.25, 0.3) is 10.2 Å². The van der Waals surface area contributed by atoms with Crippen LogP contribution in [-0.4, -0.2) is 33.4 Å². The highest BCUT2D eigenvalue weighted by Crippen LogP contribution is 2.25. The quantitative estimate of drug-likeness (QED) is 0.738. The second-order valence-corrected chi connectivity index (χ2v) is 5.68. The monoisotopic (exact) mass is 328 g/mol. The number of nitrogens with zero attached hydrogens (tertiary/aromatic N) is 3. The minimum absolute atomic E-state index is 0.0587.